The van der Waals surface area contributed by atoms with Crippen molar-refractivity contribution in [3.05, 3.63) is 17.8 Å². The Morgan fingerprint density at radius 3 is 3.22 bits per heavy atom. The van der Waals surface area contributed by atoms with Gasteiger partial charge in [0.15, 0.2) is 0 Å². The van der Waals surface area contributed by atoms with E-state index >= 15 is 0 Å². The first kappa shape index (κ1) is 13.0. The molecule has 18 heavy (non-hydrogen) atoms. The van der Waals surface area contributed by atoms with Gasteiger partial charge in [0.1, 0.15) is 11.4 Å². The lowest BCUT2D eigenvalue weighted by Crippen LogP contribution is -2.17. The van der Waals surface area contributed by atoms with Crippen LogP contribution in [0.5, 0.6) is 0 Å². The van der Waals surface area contributed by atoms with E-state index in [1.807, 2.05) is 11.8 Å². The maximum atomic E-state index is 11.6. The molecule has 1 fully saturated rings. The van der Waals surface area contributed by atoms with E-state index in [-0.39, 0.29) is 0 Å². The number of thioether (sulfide) groups is 1. The standard InChI is InChI=1S/C12H17N3O2S/c1-17-12(16)10-4-9(13)6-15-11(10)14-5-8-2-3-18-7-8/h4,6,8H,2-3,5,7,13H2,1H3,(H,14,15). The van der Waals surface area contributed by atoms with Crippen molar-refractivity contribution in [3.8, 4) is 0 Å². The lowest BCUT2D eigenvalue weighted by molar-refractivity contribution is 0.0601. The molecule has 1 aromatic rings. The summed E-state index contributed by atoms with van der Waals surface area (Å²) in [6, 6.07) is 1.59. The molecule has 1 saturated heterocycles. The second-order valence-corrected chi connectivity index (χ2v) is 5.42. The second kappa shape index (κ2) is 5.95. The van der Waals surface area contributed by atoms with Crippen molar-refractivity contribution in [2.75, 3.05) is 36.2 Å². The average molecular weight is 267 g/mol. The van der Waals surface area contributed by atoms with E-state index in [0.29, 0.717) is 23.0 Å². The van der Waals surface area contributed by atoms with E-state index < -0.39 is 5.97 Å². The maximum absolute atomic E-state index is 11.6. The minimum Gasteiger partial charge on any atom is -0.465 e. The number of carbonyl (C=O) groups excluding carboxylic acids is 1. The van der Waals surface area contributed by atoms with E-state index in [2.05, 4.69) is 10.3 Å². The van der Waals surface area contributed by atoms with E-state index in [0.717, 1.165) is 12.3 Å². The summed E-state index contributed by atoms with van der Waals surface area (Å²) in [6.45, 7) is 0.827. The molecule has 0 spiro atoms. The fourth-order valence-electron chi connectivity index (χ4n) is 1.87. The van der Waals surface area contributed by atoms with Crippen LogP contribution in [0, 0.1) is 5.92 Å². The van der Waals surface area contributed by atoms with Crippen molar-refractivity contribution < 1.29 is 9.53 Å². The first-order valence-corrected chi connectivity index (χ1v) is 7.01. The van der Waals surface area contributed by atoms with Gasteiger partial charge in [0.05, 0.1) is 19.0 Å². The van der Waals surface area contributed by atoms with Gasteiger partial charge < -0.3 is 15.8 Å². The van der Waals surface area contributed by atoms with E-state index in [1.54, 1.807) is 6.07 Å². The van der Waals surface area contributed by atoms with Gasteiger partial charge in [-0.15, -0.1) is 0 Å². The number of hydrogen-bond donors (Lipinski definition) is 2. The molecule has 1 unspecified atom stereocenters. The number of nitrogens with zero attached hydrogens (tertiary/aromatic N) is 1. The zero-order valence-electron chi connectivity index (χ0n) is 10.3. The summed E-state index contributed by atoms with van der Waals surface area (Å²) in [5.74, 6) is 3.15. The molecule has 1 atom stereocenters. The predicted octanol–water partition coefficient (Wildman–Crippen LogP) is 1.62. The normalized spacial score (nSPS) is 18.6. The van der Waals surface area contributed by atoms with Crippen LogP contribution in [0.1, 0.15) is 16.8 Å². The van der Waals surface area contributed by atoms with Crippen LogP contribution in [0.15, 0.2) is 12.3 Å². The van der Waals surface area contributed by atoms with Crippen molar-refractivity contribution in [3.63, 3.8) is 0 Å². The van der Waals surface area contributed by atoms with Crippen molar-refractivity contribution in [2.45, 2.75) is 6.42 Å². The van der Waals surface area contributed by atoms with Crippen molar-refractivity contribution in [1.82, 2.24) is 4.98 Å². The second-order valence-electron chi connectivity index (χ2n) is 4.27. The summed E-state index contributed by atoms with van der Waals surface area (Å²) in [6.07, 6.45) is 2.75. The SMILES string of the molecule is COC(=O)c1cc(N)cnc1NCC1CCSC1. The summed E-state index contributed by atoms with van der Waals surface area (Å²) in [7, 11) is 1.35. The molecule has 0 aromatic carbocycles. The summed E-state index contributed by atoms with van der Waals surface area (Å²) >= 11 is 1.96. The number of ether oxygens (including phenoxy) is 1. The van der Waals surface area contributed by atoms with Crippen molar-refractivity contribution in [1.29, 1.82) is 0 Å². The fourth-order valence-corrected chi connectivity index (χ4v) is 3.16. The van der Waals surface area contributed by atoms with E-state index in [4.69, 9.17) is 10.5 Å². The molecule has 98 valence electrons. The maximum Gasteiger partial charge on any atom is 0.341 e. The molecule has 0 bridgehead atoms. The van der Waals surface area contributed by atoms with Crippen LogP contribution in [-0.4, -0.2) is 36.1 Å². The topological polar surface area (TPSA) is 77.2 Å². The molecule has 0 radical (unpaired) electrons. The Morgan fingerprint density at radius 1 is 1.72 bits per heavy atom. The smallest absolute Gasteiger partial charge is 0.341 e. The first-order chi connectivity index (χ1) is 8.70. The number of aromatic nitrogens is 1. The van der Waals surface area contributed by atoms with Crippen LogP contribution in [0.3, 0.4) is 0 Å². The lowest BCUT2D eigenvalue weighted by Gasteiger charge is -2.13. The lowest BCUT2D eigenvalue weighted by atomic mass is 10.1. The van der Waals surface area contributed by atoms with Gasteiger partial charge in [0.25, 0.3) is 0 Å². The monoisotopic (exact) mass is 267 g/mol. The zero-order valence-corrected chi connectivity index (χ0v) is 11.1. The summed E-state index contributed by atoms with van der Waals surface area (Å²) in [4.78, 5) is 15.8. The molecule has 1 aromatic heterocycles. The zero-order chi connectivity index (χ0) is 13.0. The average Bonchev–Trinajstić information content (AvgIpc) is 2.89. The summed E-state index contributed by atoms with van der Waals surface area (Å²) in [5, 5.41) is 3.22. The third-order valence-corrected chi connectivity index (χ3v) is 4.13. The summed E-state index contributed by atoms with van der Waals surface area (Å²) < 4.78 is 4.73. The Labute approximate surface area is 110 Å². The van der Waals surface area contributed by atoms with Gasteiger partial charge in [0, 0.05) is 6.54 Å². The fraction of sp³-hybridized carbons (Fsp3) is 0.500. The van der Waals surface area contributed by atoms with Crippen LogP contribution in [0.2, 0.25) is 0 Å². The molecule has 2 heterocycles. The minimum absolute atomic E-state index is 0.392. The molecular formula is C12H17N3O2S. The van der Waals surface area contributed by atoms with Crippen molar-refractivity contribution in [2.24, 2.45) is 5.92 Å². The number of methoxy groups -OCH3 is 1. The van der Waals surface area contributed by atoms with E-state index in [9.17, 15) is 4.79 Å². The molecule has 0 amide bonds. The van der Waals surface area contributed by atoms with Crippen LogP contribution in [-0.2, 0) is 4.74 Å². The van der Waals surface area contributed by atoms with Crippen LogP contribution in [0.25, 0.3) is 0 Å². The highest BCUT2D eigenvalue weighted by molar-refractivity contribution is 7.99. The molecule has 0 aliphatic carbocycles. The first-order valence-electron chi connectivity index (χ1n) is 5.86. The Balaban J connectivity index is 2.08. The highest BCUT2D eigenvalue weighted by Gasteiger charge is 2.18. The molecule has 2 rings (SSSR count). The van der Waals surface area contributed by atoms with Crippen LogP contribution >= 0.6 is 11.8 Å². The number of hydrogen-bond acceptors (Lipinski definition) is 6. The minimum atomic E-state index is -0.418. The number of nitrogen functional groups attached to an aromatic ring is 1. The van der Waals surface area contributed by atoms with Gasteiger partial charge in [-0.1, -0.05) is 0 Å². The van der Waals surface area contributed by atoms with Gasteiger partial charge >= 0.3 is 5.97 Å². The Kier molecular flexibility index (Phi) is 4.30. The molecule has 1 aliphatic rings. The highest BCUT2D eigenvalue weighted by atomic mass is 32.2. The number of rotatable bonds is 4. The largest absolute Gasteiger partial charge is 0.465 e. The number of nitrogens with one attached hydrogen (secondary N) is 1. The Morgan fingerprint density at radius 2 is 2.56 bits per heavy atom. The number of nitrogens with two attached hydrogens (primary N) is 1. The van der Waals surface area contributed by atoms with Gasteiger partial charge in [-0.3, -0.25) is 0 Å². The molecule has 5 nitrogen and oxygen atoms in total. The number of anilines is 2. The Bertz CT molecular complexity index is 433. The molecule has 0 saturated carbocycles. The van der Waals surface area contributed by atoms with Crippen molar-refractivity contribution >= 4 is 29.2 Å². The number of pyridine rings is 1. The molecule has 6 heteroatoms. The van der Waals surface area contributed by atoms with Crippen LogP contribution in [0.4, 0.5) is 11.5 Å². The van der Waals surface area contributed by atoms with E-state index in [1.165, 1.54) is 25.5 Å². The Hall–Kier alpha value is -1.43. The number of carbonyl (C=O) groups is 1. The third kappa shape index (κ3) is 3.07. The van der Waals surface area contributed by atoms with Gasteiger partial charge in [-0.25, -0.2) is 9.78 Å². The van der Waals surface area contributed by atoms with Gasteiger partial charge in [-0.05, 0) is 29.9 Å². The van der Waals surface area contributed by atoms with Gasteiger partial charge in [-0.2, -0.15) is 11.8 Å². The number of esters is 1. The molecular weight excluding hydrogens is 250 g/mol. The predicted molar refractivity (Wildman–Crippen MR) is 73.9 cm³/mol. The summed E-state index contributed by atoms with van der Waals surface area (Å²) in [5.41, 5.74) is 6.48. The third-order valence-electron chi connectivity index (χ3n) is 2.90. The molecule has 3 N–H and O–H groups in total. The highest BCUT2D eigenvalue weighted by Crippen LogP contribution is 2.24. The quantitative estimate of drug-likeness (QED) is 0.807. The van der Waals surface area contributed by atoms with Gasteiger partial charge in [0.2, 0.25) is 0 Å². The molecule has 1 aliphatic heterocycles. The van der Waals surface area contributed by atoms with Crippen LogP contribution < -0.4 is 11.1 Å².